The Balaban J connectivity index is 2.24. The predicted octanol–water partition coefficient (Wildman–Crippen LogP) is 1.95. The Bertz CT molecular complexity index is 615. The lowest BCUT2D eigenvalue weighted by Crippen LogP contribution is -2.41. The van der Waals surface area contributed by atoms with Crippen molar-refractivity contribution in [1.29, 1.82) is 0 Å². The molecule has 19 heavy (non-hydrogen) atoms. The van der Waals surface area contributed by atoms with Gasteiger partial charge in [0.25, 0.3) is 10.0 Å². The summed E-state index contributed by atoms with van der Waals surface area (Å²) in [6.07, 6.45) is 0. The van der Waals surface area contributed by atoms with Gasteiger partial charge in [0.1, 0.15) is 0 Å². The van der Waals surface area contributed by atoms with Gasteiger partial charge in [-0.3, -0.25) is 4.84 Å². The van der Waals surface area contributed by atoms with Crippen molar-refractivity contribution in [3.8, 4) is 0 Å². The lowest BCUT2D eigenvalue weighted by atomic mass is 10.3. The van der Waals surface area contributed by atoms with E-state index in [1.807, 2.05) is 6.07 Å². The van der Waals surface area contributed by atoms with Gasteiger partial charge < -0.3 is 0 Å². The molecule has 6 heteroatoms. The number of benzene rings is 2. The van der Waals surface area contributed by atoms with E-state index in [4.69, 9.17) is 4.84 Å². The standard InChI is InChI=1S/C13H14N2O3S/c1-18-15(12-8-4-2-5-9-12)14-19(16,17)13-10-6-3-7-11-13/h2-11,14H,1H3. The van der Waals surface area contributed by atoms with E-state index in [2.05, 4.69) is 4.83 Å². The third-order valence-corrected chi connectivity index (χ3v) is 3.73. The minimum atomic E-state index is -3.67. The molecular weight excluding hydrogens is 264 g/mol. The first kappa shape index (κ1) is 13.5. The summed E-state index contributed by atoms with van der Waals surface area (Å²) in [5.41, 5.74) is 0.588. The Labute approximate surface area is 112 Å². The highest BCUT2D eigenvalue weighted by molar-refractivity contribution is 7.89. The van der Waals surface area contributed by atoms with E-state index in [0.29, 0.717) is 5.69 Å². The average Bonchev–Trinajstić information content (AvgIpc) is 2.47. The summed E-state index contributed by atoms with van der Waals surface area (Å²) in [4.78, 5) is 7.57. The van der Waals surface area contributed by atoms with Crippen LogP contribution in [0.25, 0.3) is 0 Å². The Morgan fingerprint density at radius 2 is 1.47 bits per heavy atom. The van der Waals surface area contributed by atoms with E-state index >= 15 is 0 Å². The van der Waals surface area contributed by atoms with Crippen LogP contribution in [0.2, 0.25) is 0 Å². The maximum absolute atomic E-state index is 12.1. The molecule has 100 valence electrons. The van der Waals surface area contributed by atoms with Crippen molar-refractivity contribution in [2.75, 3.05) is 12.3 Å². The van der Waals surface area contributed by atoms with Crippen LogP contribution in [0.15, 0.2) is 65.6 Å². The Kier molecular flexibility index (Phi) is 4.16. The van der Waals surface area contributed by atoms with E-state index in [-0.39, 0.29) is 4.90 Å². The van der Waals surface area contributed by atoms with E-state index in [1.54, 1.807) is 42.5 Å². The van der Waals surface area contributed by atoms with Crippen LogP contribution in [0.5, 0.6) is 0 Å². The molecule has 0 bridgehead atoms. The minimum Gasteiger partial charge on any atom is -0.260 e. The van der Waals surface area contributed by atoms with Gasteiger partial charge >= 0.3 is 0 Å². The molecule has 0 radical (unpaired) electrons. The minimum absolute atomic E-state index is 0.174. The van der Waals surface area contributed by atoms with Crippen LogP contribution >= 0.6 is 0 Å². The number of hydrogen-bond donors (Lipinski definition) is 1. The van der Waals surface area contributed by atoms with Crippen molar-refractivity contribution in [2.45, 2.75) is 4.90 Å². The summed E-state index contributed by atoms with van der Waals surface area (Å²) in [6, 6.07) is 17.0. The van der Waals surface area contributed by atoms with Crippen LogP contribution in [-0.2, 0) is 14.9 Å². The molecule has 5 nitrogen and oxygen atoms in total. The van der Waals surface area contributed by atoms with Crippen molar-refractivity contribution in [1.82, 2.24) is 4.83 Å². The molecule has 0 aliphatic carbocycles. The van der Waals surface area contributed by atoms with Crippen molar-refractivity contribution < 1.29 is 13.3 Å². The summed E-state index contributed by atoms with van der Waals surface area (Å²) in [6.45, 7) is 0. The van der Waals surface area contributed by atoms with Gasteiger partial charge in [-0.15, -0.1) is 0 Å². The van der Waals surface area contributed by atoms with E-state index in [9.17, 15) is 8.42 Å². The van der Waals surface area contributed by atoms with Crippen LogP contribution in [0.1, 0.15) is 0 Å². The van der Waals surface area contributed by atoms with Crippen LogP contribution in [0.3, 0.4) is 0 Å². The maximum Gasteiger partial charge on any atom is 0.259 e. The second kappa shape index (κ2) is 5.83. The molecule has 2 aromatic rings. The number of para-hydroxylation sites is 1. The van der Waals surface area contributed by atoms with Crippen LogP contribution in [-0.4, -0.2) is 15.5 Å². The molecule has 0 unspecified atom stereocenters. The molecule has 0 atom stereocenters. The molecular formula is C13H14N2O3S. The highest BCUT2D eigenvalue weighted by atomic mass is 32.2. The van der Waals surface area contributed by atoms with Crippen molar-refractivity contribution in [2.24, 2.45) is 0 Å². The third-order valence-electron chi connectivity index (χ3n) is 2.43. The van der Waals surface area contributed by atoms with E-state index < -0.39 is 10.0 Å². The molecule has 0 aromatic heterocycles. The van der Waals surface area contributed by atoms with Crippen LogP contribution < -0.4 is 10.0 Å². The fourth-order valence-corrected chi connectivity index (χ4v) is 2.54. The van der Waals surface area contributed by atoms with Gasteiger partial charge in [-0.1, -0.05) is 41.2 Å². The van der Waals surface area contributed by atoms with Crippen molar-refractivity contribution >= 4 is 15.7 Å². The Morgan fingerprint density at radius 3 is 2.00 bits per heavy atom. The fourth-order valence-electron chi connectivity index (χ4n) is 1.52. The Morgan fingerprint density at radius 1 is 0.947 bits per heavy atom. The highest BCUT2D eigenvalue weighted by Crippen LogP contribution is 2.14. The number of rotatable bonds is 5. The third kappa shape index (κ3) is 3.31. The quantitative estimate of drug-likeness (QED) is 0.849. The number of nitrogens with one attached hydrogen (secondary N) is 1. The second-order valence-corrected chi connectivity index (χ2v) is 5.38. The maximum atomic E-state index is 12.1. The summed E-state index contributed by atoms with van der Waals surface area (Å²) in [5, 5.41) is 1.10. The predicted molar refractivity (Wildman–Crippen MR) is 72.7 cm³/mol. The molecule has 2 aromatic carbocycles. The fraction of sp³-hybridized carbons (Fsp3) is 0.0769. The van der Waals surface area contributed by atoms with Crippen molar-refractivity contribution in [3.63, 3.8) is 0 Å². The summed E-state index contributed by atoms with van der Waals surface area (Å²) in [5.74, 6) is 0. The number of hydrazine groups is 1. The average molecular weight is 278 g/mol. The monoisotopic (exact) mass is 278 g/mol. The molecule has 0 saturated heterocycles. The molecule has 0 fully saturated rings. The molecule has 0 spiro atoms. The zero-order valence-electron chi connectivity index (χ0n) is 10.4. The first-order chi connectivity index (χ1) is 9.13. The molecule has 2 rings (SSSR count). The SMILES string of the molecule is CON(NS(=O)(=O)c1ccccc1)c1ccccc1. The largest absolute Gasteiger partial charge is 0.260 e. The molecule has 0 aliphatic heterocycles. The van der Waals surface area contributed by atoms with Gasteiger partial charge in [-0.2, -0.15) is 5.17 Å². The highest BCUT2D eigenvalue weighted by Gasteiger charge is 2.18. The van der Waals surface area contributed by atoms with Gasteiger partial charge in [0.15, 0.2) is 0 Å². The molecule has 0 aliphatic rings. The second-order valence-electron chi connectivity index (χ2n) is 3.72. The molecule has 0 heterocycles. The van der Waals surface area contributed by atoms with E-state index in [1.165, 1.54) is 19.2 Å². The summed E-state index contributed by atoms with van der Waals surface area (Å²) < 4.78 is 24.3. The zero-order valence-corrected chi connectivity index (χ0v) is 11.2. The smallest absolute Gasteiger partial charge is 0.259 e. The first-order valence-corrected chi connectivity index (χ1v) is 7.08. The molecule has 1 N–H and O–H groups in total. The number of sulfonamides is 1. The summed E-state index contributed by atoms with van der Waals surface area (Å²) >= 11 is 0. The van der Waals surface area contributed by atoms with Gasteiger partial charge in [0.2, 0.25) is 0 Å². The topological polar surface area (TPSA) is 58.6 Å². The zero-order chi connectivity index (χ0) is 13.7. The Hall–Kier alpha value is -1.89. The van der Waals surface area contributed by atoms with Gasteiger partial charge in [-0.25, -0.2) is 8.42 Å². The van der Waals surface area contributed by atoms with Gasteiger partial charge in [0, 0.05) is 0 Å². The summed E-state index contributed by atoms with van der Waals surface area (Å²) in [7, 11) is -2.28. The lowest BCUT2D eigenvalue weighted by molar-refractivity contribution is 0.154. The normalized spacial score (nSPS) is 11.2. The molecule has 0 amide bonds. The van der Waals surface area contributed by atoms with Crippen molar-refractivity contribution in [3.05, 3.63) is 60.7 Å². The number of nitrogens with zero attached hydrogens (tertiary/aromatic N) is 1. The van der Waals surface area contributed by atoms with Gasteiger partial charge in [0.05, 0.1) is 17.7 Å². The molecule has 0 saturated carbocycles. The van der Waals surface area contributed by atoms with Crippen LogP contribution in [0.4, 0.5) is 5.69 Å². The number of anilines is 1. The number of hydrogen-bond acceptors (Lipinski definition) is 4. The lowest BCUT2D eigenvalue weighted by Gasteiger charge is -2.21. The van der Waals surface area contributed by atoms with Gasteiger partial charge in [-0.05, 0) is 24.3 Å². The van der Waals surface area contributed by atoms with E-state index in [0.717, 1.165) is 5.17 Å². The van der Waals surface area contributed by atoms with Crippen LogP contribution in [0, 0.1) is 0 Å². The first-order valence-electron chi connectivity index (χ1n) is 5.60.